The lowest BCUT2D eigenvalue weighted by Gasteiger charge is -2.22. The van der Waals surface area contributed by atoms with Gasteiger partial charge in [0.1, 0.15) is 10.8 Å². The summed E-state index contributed by atoms with van der Waals surface area (Å²) < 4.78 is 8.00. The summed E-state index contributed by atoms with van der Waals surface area (Å²) in [7, 11) is 0. The smallest absolute Gasteiger partial charge is 0.259 e. The maximum absolute atomic E-state index is 11.9. The molecule has 0 saturated carbocycles. The van der Waals surface area contributed by atoms with Gasteiger partial charge < -0.3 is 4.74 Å². The number of rotatable bonds is 2. The molecule has 2 aromatic rings. The van der Waals surface area contributed by atoms with Gasteiger partial charge in [-0.25, -0.2) is 9.67 Å². The van der Waals surface area contributed by atoms with E-state index in [0.29, 0.717) is 15.7 Å². The molecule has 106 valence electrons. The molecule has 1 unspecified atom stereocenters. The first-order valence-corrected chi connectivity index (χ1v) is 7.43. The number of hydrogen-bond acceptors (Lipinski definition) is 4. The van der Waals surface area contributed by atoms with Crippen molar-refractivity contribution >= 4 is 27.5 Å². The summed E-state index contributed by atoms with van der Waals surface area (Å²) in [5.41, 5.74) is 0.794. The standard InChI is InChI=1S/C12H12BrClN4O2/c13-10-8(7-5-15-12(14)16-11(7)19)6-18(17-10)9-3-1-2-4-20-9/h5-6,9H,1-4H2,(H,15,16,19). The summed E-state index contributed by atoms with van der Waals surface area (Å²) >= 11 is 9.02. The Bertz CT molecular complexity index is 678. The van der Waals surface area contributed by atoms with E-state index >= 15 is 0 Å². The Morgan fingerprint density at radius 2 is 2.30 bits per heavy atom. The highest BCUT2D eigenvalue weighted by molar-refractivity contribution is 9.10. The van der Waals surface area contributed by atoms with Crippen LogP contribution >= 0.6 is 27.5 Å². The zero-order chi connectivity index (χ0) is 14.1. The van der Waals surface area contributed by atoms with Gasteiger partial charge in [0.25, 0.3) is 5.56 Å². The first-order chi connectivity index (χ1) is 9.65. The summed E-state index contributed by atoms with van der Waals surface area (Å²) in [6, 6.07) is 0. The minimum atomic E-state index is -0.296. The summed E-state index contributed by atoms with van der Waals surface area (Å²) in [6.07, 6.45) is 6.26. The molecule has 8 heteroatoms. The Balaban J connectivity index is 1.98. The van der Waals surface area contributed by atoms with Gasteiger partial charge in [-0.15, -0.1) is 0 Å². The fourth-order valence-electron chi connectivity index (χ4n) is 2.20. The number of hydrogen-bond donors (Lipinski definition) is 1. The summed E-state index contributed by atoms with van der Waals surface area (Å²) in [6.45, 7) is 0.737. The Kier molecular flexibility index (Phi) is 3.91. The average Bonchev–Trinajstić information content (AvgIpc) is 2.82. The van der Waals surface area contributed by atoms with Crippen LogP contribution in [0.25, 0.3) is 11.1 Å². The van der Waals surface area contributed by atoms with Crippen LogP contribution in [0.4, 0.5) is 0 Å². The Morgan fingerprint density at radius 1 is 1.45 bits per heavy atom. The van der Waals surface area contributed by atoms with Gasteiger partial charge in [-0.1, -0.05) is 0 Å². The van der Waals surface area contributed by atoms with Crippen LogP contribution in [-0.4, -0.2) is 26.4 Å². The van der Waals surface area contributed by atoms with E-state index in [0.717, 1.165) is 25.9 Å². The van der Waals surface area contributed by atoms with Crippen molar-refractivity contribution in [3.05, 3.63) is 32.6 Å². The second-order valence-electron chi connectivity index (χ2n) is 4.55. The van der Waals surface area contributed by atoms with Gasteiger partial charge in [-0.05, 0) is 46.8 Å². The first-order valence-electron chi connectivity index (χ1n) is 6.26. The number of aromatic amines is 1. The fraction of sp³-hybridized carbons (Fsp3) is 0.417. The van der Waals surface area contributed by atoms with Crippen molar-refractivity contribution in [2.24, 2.45) is 0 Å². The molecule has 1 saturated heterocycles. The summed E-state index contributed by atoms with van der Waals surface area (Å²) in [4.78, 5) is 18.3. The van der Waals surface area contributed by atoms with Crippen LogP contribution in [0, 0.1) is 0 Å². The Morgan fingerprint density at radius 3 is 3.00 bits per heavy atom. The van der Waals surface area contributed by atoms with E-state index < -0.39 is 0 Å². The topological polar surface area (TPSA) is 72.8 Å². The molecule has 2 aromatic heterocycles. The first kappa shape index (κ1) is 13.8. The second kappa shape index (κ2) is 5.67. The lowest BCUT2D eigenvalue weighted by atomic mass is 10.2. The van der Waals surface area contributed by atoms with Crippen LogP contribution < -0.4 is 5.56 Å². The number of nitrogens with zero attached hydrogens (tertiary/aromatic N) is 3. The minimum Gasteiger partial charge on any atom is -0.357 e. The molecule has 0 radical (unpaired) electrons. The predicted molar refractivity (Wildman–Crippen MR) is 77.6 cm³/mol. The van der Waals surface area contributed by atoms with E-state index in [2.05, 4.69) is 31.0 Å². The van der Waals surface area contributed by atoms with Gasteiger partial charge >= 0.3 is 0 Å². The molecular formula is C12H12BrClN4O2. The van der Waals surface area contributed by atoms with Crippen LogP contribution in [-0.2, 0) is 4.74 Å². The molecule has 0 spiro atoms. The van der Waals surface area contributed by atoms with Gasteiger partial charge in [0.2, 0.25) is 5.28 Å². The van der Waals surface area contributed by atoms with Crippen molar-refractivity contribution in [2.45, 2.75) is 25.5 Å². The van der Waals surface area contributed by atoms with E-state index in [4.69, 9.17) is 16.3 Å². The molecule has 0 amide bonds. The molecule has 20 heavy (non-hydrogen) atoms. The van der Waals surface area contributed by atoms with Crippen molar-refractivity contribution in [2.75, 3.05) is 6.61 Å². The van der Waals surface area contributed by atoms with E-state index in [1.807, 2.05) is 0 Å². The molecule has 0 bridgehead atoms. The summed E-state index contributed by atoms with van der Waals surface area (Å²) in [5.74, 6) is 0. The van der Waals surface area contributed by atoms with Crippen molar-refractivity contribution in [1.29, 1.82) is 0 Å². The monoisotopic (exact) mass is 358 g/mol. The molecule has 1 aliphatic rings. The normalized spacial score (nSPS) is 19.2. The van der Waals surface area contributed by atoms with E-state index in [-0.39, 0.29) is 17.1 Å². The zero-order valence-electron chi connectivity index (χ0n) is 10.5. The third kappa shape index (κ3) is 2.65. The Labute approximate surface area is 128 Å². The third-order valence-electron chi connectivity index (χ3n) is 3.20. The van der Waals surface area contributed by atoms with Gasteiger partial charge in [-0.2, -0.15) is 5.10 Å². The van der Waals surface area contributed by atoms with Crippen LogP contribution in [0.15, 0.2) is 21.8 Å². The highest BCUT2D eigenvalue weighted by Crippen LogP contribution is 2.29. The minimum absolute atomic E-state index is 0.0675. The molecule has 0 aromatic carbocycles. The highest BCUT2D eigenvalue weighted by atomic mass is 79.9. The van der Waals surface area contributed by atoms with Crippen LogP contribution in [0.1, 0.15) is 25.5 Å². The third-order valence-corrected chi connectivity index (χ3v) is 3.97. The highest BCUT2D eigenvalue weighted by Gasteiger charge is 2.20. The molecule has 3 heterocycles. The molecule has 1 N–H and O–H groups in total. The van der Waals surface area contributed by atoms with E-state index in [1.54, 1.807) is 10.9 Å². The van der Waals surface area contributed by atoms with Gasteiger partial charge in [0.15, 0.2) is 0 Å². The number of halogens is 2. The molecule has 6 nitrogen and oxygen atoms in total. The fourth-order valence-corrected chi connectivity index (χ4v) is 2.83. The predicted octanol–water partition coefficient (Wildman–Crippen LogP) is 2.75. The van der Waals surface area contributed by atoms with Crippen LogP contribution in [0.2, 0.25) is 5.28 Å². The average molecular weight is 360 g/mol. The maximum Gasteiger partial charge on any atom is 0.259 e. The second-order valence-corrected chi connectivity index (χ2v) is 5.66. The van der Waals surface area contributed by atoms with Gasteiger partial charge in [-0.3, -0.25) is 9.78 Å². The van der Waals surface area contributed by atoms with Crippen molar-refractivity contribution in [3.63, 3.8) is 0 Å². The number of nitrogens with one attached hydrogen (secondary N) is 1. The number of H-pyrrole nitrogens is 1. The number of aromatic nitrogens is 4. The van der Waals surface area contributed by atoms with Crippen molar-refractivity contribution < 1.29 is 4.74 Å². The molecule has 1 fully saturated rings. The quantitative estimate of drug-likeness (QED) is 0.837. The largest absolute Gasteiger partial charge is 0.357 e. The summed E-state index contributed by atoms with van der Waals surface area (Å²) in [5, 5.41) is 4.44. The SMILES string of the molecule is O=c1[nH]c(Cl)ncc1-c1cn(C2CCCCO2)nc1Br. The van der Waals surface area contributed by atoms with Crippen molar-refractivity contribution in [3.8, 4) is 11.1 Å². The lowest BCUT2D eigenvalue weighted by Crippen LogP contribution is -2.18. The van der Waals surface area contributed by atoms with Gasteiger partial charge in [0, 0.05) is 24.6 Å². The molecular weight excluding hydrogens is 348 g/mol. The van der Waals surface area contributed by atoms with Gasteiger partial charge in [0.05, 0.1) is 5.56 Å². The molecule has 1 aliphatic heterocycles. The maximum atomic E-state index is 11.9. The molecule has 3 rings (SSSR count). The zero-order valence-corrected chi connectivity index (χ0v) is 12.8. The van der Waals surface area contributed by atoms with Crippen molar-refractivity contribution in [1.82, 2.24) is 19.7 Å². The number of ether oxygens (including phenoxy) is 1. The van der Waals surface area contributed by atoms with E-state index in [1.165, 1.54) is 6.20 Å². The molecule has 0 aliphatic carbocycles. The Hall–Kier alpha value is -1.18. The lowest BCUT2D eigenvalue weighted by molar-refractivity contribution is -0.0396. The molecule has 1 atom stereocenters. The van der Waals surface area contributed by atoms with Crippen LogP contribution in [0.5, 0.6) is 0 Å². The van der Waals surface area contributed by atoms with E-state index in [9.17, 15) is 4.79 Å². The van der Waals surface area contributed by atoms with Crippen LogP contribution in [0.3, 0.4) is 0 Å².